The Morgan fingerprint density at radius 2 is 2.00 bits per heavy atom. The Bertz CT molecular complexity index is 616. The molecule has 1 aromatic rings. The third-order valence-corrected chi connectivity index (χ3v) is 4.06. The fraction of sp³-hybridized carbons (Fsp3) is 0.417. The van der Waals surface area contributed by atoms with Crippen molar-refractivity contribution in [2.45, 2.75) is 31.3 Å². The van der Waals surface area contributed by atoms with Crippen LogP contribution in [0.25, 0.3) is 0 Å². The standard InChI is InChI=1S/C12H15BrFNO3S/c1-12(2,3)18-11(16)15-19(4,17)10-7-8(13)5-6-9(10)14/h5-7H,1-4H3. The largest absolute Gasteiger partial charge is 0.442 e. The molecule has 1 aromatic carbocycles. The van der Waals surface area contributed by atoms with Crippen molar-refractivity contribution >= 4 is 31.8 Å². The molecule has 0 radical (unpaired) electrons. The lowest BCUT2D eigenvalue weighted by molar-refractivity contribution is 0.0607. The van der Waals surface area contributed by atoms with Gasteiger partial charge in [0.1, 0.15) is 11.4 Å². The van der Waals surface area contributed by atoms with Gasteiger partial charge in [-0.05, 0) is 39.0 Å². The van der Waals surface area contributed by atoms with Gasteiger partial charge in [-0.25, -0.2) is 13.4 Å². The third-order valence-electron chi connectivity index (χ3n) is 1.94. The van der Waals surface area contributed by atoms with E-state index in [0.717, 1.165) is 6.07 Å². The van der Waals surface area contributed by atoms with E-state index in [1.165, 1.54) is 18.4 Å². The molecule has 0 saturated heterocycles. The highest BCUT2D eigenvalue weighted by Crippen LogP contribution is 2.22. The van der Waals surface area contributed by atoms with Crippen molar-refractivity contribution in [2.75, 3.05) is 6.26 Å². The lowest BCUT2D eigenvalue weighted by Gasteiger charge is -2.17. The number of carbonyl (C=O) groups excluding carboxylic acids is 1. The summed E-state index contributed by atoms with van der Waals surface area (Å²) in [6.07, 6.45) is 0.223. The maximum Gasteiger partial charge on any atom is 0.442 e. The molecular formula is C12H15BrFNO3S. The van der Waals surface area contributed by atoms with Gasteiger partial charge in [-0.2, -0.15) is 0 Å². The Morgan fingerprint density at radius 3 is 2.53 bits per heavy atom. The van der Waals surface area contributed by atoms with Crippen LogP contribution in [-0.2, 0) is 14.5 Å². The van der Waals surface area contributed by atoms with Crippen molar-refractivity contribution in [1.29, 1.82) is 0 Å². The van der Waals surface area contributed by atoms with E-state index in [4.69, 9.17) is 4.74 Å². The highest BCUT2D eigenvalue weighted by molar-refractivity contribution is 9.10. The van der Waals surface area contributed by atoms with Crippen molar-refractivity contribution in [2.24, 2.45) is 4.36 Å². The predicted octanol–water partition coefficient (Wildman–Crippen LogP) is 3.98. The molecule has 19 heavy (non-hydrogen) atoms. The first kappa shape index (κ1) is 16.1. The van der Waals surface area contributed by atoms with Crippen LogP contribution in [0.4, 0.5) is 9.18 Å². The summed E-state index contributed by atoms with van der Waals surface area (Å²) in [5.74, 6) is -0.678. The van der Waals surface area contributed by atoms with E-state index in [9.17, 15) is 13.4 Å². The van der Waals surface area contributed by atoms with Gasteiger partial charge in [-0.3, -0.25) is 0 Å². The van der Waals surface area contributed by atoms with Gasteiger partial charge in [0, 0.05) is 10.7 Å². The molecule has 7 heteroatoms. The van der Waals surface area contributed by atoms with Crippen LogP contribution in [0.3, 0.4) is 0 Å². The van der Waals surface area contributed by atoms with Crippen LogP contribution in [0, 0.1) is 5.82 Å². The Labute approximate surface area is 120 Å². The van der Waals surface area contributed by atoms with Crippen molar-refractivity contribution in [3.8, 4) is 0 Å². The van der Waals surface area contributed by atoms with E-state index in [0.29, 0.717) is 4.47 Å². The number of hydrogen-bond acceptors (Lipinski definition) is 3. The van der Waals surface area contributed by atoms with Crippen LogP contribution in [0.15, 0.2) is 31.9 Å². The van der Waals surface area contributed by atoms with Gasteiger partial charge in [0.2, 0.25) is 0 Å². The molecule has 4 nitrogen and oxygen atoms in total. The molecule has 0 aromatic heterocycles. The molecule has 1 atom stereocenters. The van der Waals surface area contributed by atoms with Crippen LogP contribution in [0.2, 0.25) is 0 Å². The first-order valence-electron chi connectivity index (χ1n) is 5.41. The van der Waals surface area contributed by atoms with Gasteiger partial charge in [0.05, 0.1) is 14.6 Å². The minimum absolute atomic E-state index is 0.132. The van der Waals surface area contributed by atoms with Crippen LogP contribution in [-0.4, -0.2) is 22.2 Å². The van der Waals surface area contributed by atoms with Crippen LogP contribution in [0.1, 0.15) is 20.8 Å². The van der Waals surface area contributed by atoms with E-state index in [2.05, 4.69) is 20.3 Å². The zero-order valence-electron chi connectivity index (χ0n) is 11.1. The summed E-state index contributed by atoms with van der Waals surface area (Å²) in [5, 5.41) is 0. The summed E-state index contributed by atoms with van der Waals surface area (Å²) in [6, 6.07) is 3.97. The summed E-state index contributed by atoms with van der Waals surface area (Å²) in [6.45, 7) is 4.99. The third kappa shape index (κ3) is 4.91. The van der Waals surface area contributed by atoms with Gasteiger partial charge >= 0.3 is 6.09 Å². The highest BCUT2D eigenvalue weighted by Gasteiger charge is 2.19. The number of benzene rings is 1. The second-order valence-electron chi connectivity index (χ2n) is 4.95. The molecule has 0 aliphatic heterocycles. The first-order valence-corrected chi connectivity index (χ1v) is 8.13. The predicted molar refractivity (Wildman–Crippen MR) is 75.1 cm³/mol. The Balaban J connectivity index is 3.20. The minimum atomic E-state index is -3.19. The van der Waals surface area contributed by atoms with Crippen LogP contribution < -0.4 is 0 Å². The Hall–Kier alpha value is -0.950. The van der Waals surface area contributed by atoms with Crippen molar-refractivity contribution in [1.82, 2.24) is 0 Å². The average molecular weight is 352 g/mol. The lowest BCUT2D eigenvalue weighted by Crippen LogP contribution is -2.22. The van der Waals surface area contributed by atoms with E-state index < -0.39 is 27.2 Å². The maximum absolute atomic E-state index is 13.6. The summed E-state index contributed by atoms with van der Waals surface area (Å²) in [4.78, 5) is 11.4. The van der Waals surface area contributed by atoms with Crippen LogP contribution in [0.5, 0.6) is 0 Å². The molecule has 0 heterocycles. The molecule has 0 aliphatic rings. The van der Waals surface area contributed by atoms with E-state index >= 15 is 0 Å². The number of halogens is 2. The fourth-order valence-electron chi connectivity index (χ4n) is 1.24. The molecule has 0 aliphatic carbocycles. The van der Waals surface area contributed by atoms with Crippen LogP contribution >= 0.6 is 15.9 Å². The molecule has 0 spiro atoms. The first-order chi connectivity index (χ1) is 8.51. The van der Waals surface area contributed by atoms with Gasteiger partial charge in [-0.1, -0.05) is 15.9 Å². The topological polar surface area (TPSA) is 55.7 Å². The smallest absolute Gasteiger partial charge is 0.442 e. The summed E-state index contributed by atoms with van der Waals surface area (Å²) >= 11 is 3.15. The number of hydrogen-bond donors (Lipinski definition) is 0. The van der Waals surface area contributed by atoms with E-state index in [-0.39, 0.29) is 4.90 Å². The average Bonchev–Trinajstić information content (AvgIpc) is 2.17. The minimum Gasteiger partial charge on any atom is -0.442 e. The van der Waals surface area contributed by atoms with Gasteiger partial charge < -0.3 is 4.74 Å². The lowest BCUT2D eigenvalue weighted by atomic mass is 10.2. The van der Waals surface area contributed by atoms with Crippen molar-refractivity contribution in [3.05, 3.63) is 28.5 Å². The summed E-state index contributed by atoms with van der Waals surface area (Å²) in [7, 11) is -3.19. The van der Waals surface area contributed by atoms with Crippen molar-refractivity contribution in [3.63, 3.8) is 0 Å². The van der Waals surface area contributed by atoms with Gasteiger partial charge in [0.15, 0.2) is 0 Å². The molecule has 0 fully saturated rings. The molecule has 0 bridgehead atoms. The number of rotatable bonds is 1. The number of amides is 1. The zero-order valence-corrected chi connectivity index (χ0v) is 13.5. The second-order valence-corrected chi connectivity index (χ2v) is 8.09. The molecule has 1 amide bonds. The number of carbonyl (C=O) groups is 1. The zero-order chi connectivity index (χ0) is 14.8. The molecule has 1 rings (SSSR count). The Kier molecular flexibility index (Phi) is 4.73. The normalized spacial score (nSPS) is 14.6. The molecular weight excluding hydrogens is 337 g/mol. The van der Waals surface area contributed by atoms with Gasteiger partial charge in [0.25, 0.3) is 0 Å². The van der Waals surface area contributed by atoms with E-state index in [1.807, 2.05) is 0 Å². The fourth-order valence-corrected chi connectivity index (χ4v) is 2.95. The monoisotopic (exact) mass is 351 g/mol. The Morgan fingerprint density at radius 1 is 1.42 bits per heavy atom. The molecule has 0 N–H and O–H groups in total. The second kappa shape index (κ2) is 5.58. The quantitative estimate of drug-likeness (QED) is 0.768. The summed E-state index contributed by atoms with van der Waals surface area (Å²) < 4.78 is 34.9. The van der Waals surface area contributed by atoms with Crippen molar-refractivity contribution < 1.29 is 18.1 Å². The molecule has 1 unspecified atom stereocenters. The van der Waals surface area contributed by atoms with E-state index in [1.54, 1.807) is 20.8 Å². The number of ether oxygens (including phenoxy) is 1. The number of nitrogens with zero attached hydrogens (tertiary/aromatic N) is 1. The SMILES string of the molecule is CC(C)(C)OC(=O)N=S(C)(=O)c1cc(Br)ccc1F. The summed E-state index contributed by atoms with van der Waals surface area (Å²) in [5.41, 5.74) is -0.744. The molecule has 0 saturated carbocycles. The van der Waals surface area contributed by atoms with Gasteiger partial charge in [-0.15, -0.1) is 4.36 Å². The maximum atomic E-state index is 13.6. The molecule has 106 valence electrons. The highest BCUT2D eigenvalue weighted by atomic mass is 79.9.